The molecule has 1 aliphatic heterocycles. The Morgan fingerprint density at radius 2 is 2.08 bits per heavy atom. The van der Waals surface area contributed by atoms with Gasteiger partial charge in [0, 0.05) is 44.4 Å². The maximum Gasteiger partial charge on any atom is 0.317 e. The third kappa shape index (κ3) is 4.20. The summed E-state index contributed by atoms with van der Waals surface area (Å²) in [6, 6.07) is 10.2. The Bertz CT molecular complexity index is 727. The number of amides is 2. The molecular weight excluding hydrogens is 316 g/mol. The molecule has 0 spiro atoms. The molecular formula is C19H26N4O2. The lowest BCUT2D eigenvalue weighted by Gasteiger charge is -2.33. The molecule has 1 unspecified atom stereocenters. The summed E-state index contributed by atoms with van der Waals surface area (Å²) in [5, 5.41) is 7.42. The van der Waals surface area contributed by atoms with Gasteiger partial charge in [0.2, 0.25) is 0 Å². The van der Waals surface area contributed by atoms with Gasteiger partial charge in [-0.15, -0.1) is 0 Å². The molecule has 25 heavy (non-hydrogen) atoms. The van der Waals surface area contributed by atoms with E-state index in [1.165, 1.54) is 5.56 Å². The molecule has 1 fully saturated rings. The van der Waals surface area contributed by atoms with E-state index in [-0.39, 0.29) is 12.1 Å². The molecule has 1 aromatic carbocycles. The zero-order valence-corrected chi connectivity index (χ0v) is 15.2. The Morgan fingerprint density at radius 1 is 1.32 bits per heavy atom. The van der Waals surface area contributed by atoms with Crippen molar-refractivity contribution >= 4 is 6.03 Å². The smallest absolute Gasteiger partial charge is 0.317 e. The van der Waals surface area contributed by atoms with Gasteiger partial charge in [-0.25, -0.2) is 4.79 Å². The summed E-state index contributed by atoms with van der Waals surface area (Å²) in [5.41, 5.74) is 4.37. The zero-order chi connectivity index (χ0) is 17.8. The van der Waals surface area contributed by atoms with E-state index in [4.69, 9.17) is 4.74 Å². The quantitative estimate of drug-likeness (QED) is 0.927. The molecule has 6 nitrogen and oxygen atoms in total. The SMILES string of the molecule is Cc1nn(C)c(C)c1CNC(=O)N1CCOC(Cc2ccccc2)C1. The lowest BCUT2D eigenvalue weighted by Crippen LogP contribution is -2.50. The summed E-state index contributed by atoms with van der Waals surface area (Å²) >= 11 is 0. The maximum absolute atomic E-state index is 12.5. The highest BCUT2D eigenvalue weighted by molar-refractivity contribution is 5.74. The number of hydrogen-bond acceptors (Lipinski definition) is 3. The largest absolute Gasteiger partial charge is 0.374 e. The number of morpholine rings is 1. The molecule has 0 saturated carbocycles. The average Bonchev–Trinajstić information content (AvgIpc) is 2.86. The van der Waals surface area contributed by atoms with Gasteiger partial charge in [0.1, 0.15) is 0 Å². The highest BCUT2D eigenvalue weighted by Gasteiger charge is 2.24. The molecule has 0 aliphatic carbocycles. The van der Waals surface area contributed by atoms with Crippen LogP contribution in [0.25, 0.3) is 0 Å². The number of rotatable bonds is 4. The van der Waals surface area contributed by atoms with Gasteiger partial charge in [-0.1, -0.05) is 30.3 Å². The number of aromatic nitrogens is 2. The average molecular weight is 342 g/mol. The van der Waals surface area contributed by atoms with Gasteiger partial charge in [-0.2, -0.15) is 5.10 Å². The third-order valence-corrected chi connectivity index (χ3v) is 4.81. The molecule has 1 aromatic heterocycles. The van der Waals surface area contributed by atoms with E-state index in [0.717, 1.165) is 23.4 Å². The number of carbonyl (C=O) groups excluding carboxylic acids is 1. The first-order valence-corrected chi connectivity index (χ1v) is 8.72. The minimum atomic E-state index is -0.0379. The Kier molecular flexibility index (Phi) is 5.38. The van der Waals surface area contributed by atoms with E-state index in [1.54, 1.807) is 0 Å². The van der Waals surface area contributed by atoms with E-state index in [9.17, 15) is 4.79 Å². The number of benzene rings is 1. The van der Waals surface area contributed by atoms with Crippen LogP contribution in [0.1, 0.15) is 22.5 Å². The highest BCUT2D eigenvalue weighted by Crippen LogP contribution is 2.14. The lowest BCUT2D eigenvalue weighted by molar-refractivity contribution is -0.0133. The van der Waals surface area contributed by atoms with Crippen LogP contribution in [0.2, 0.25) is 0 Å². The Labute approximate surface area is 148 Å². The van der Waals surface area contributed by atoms with Crippen LogP contribution in [0, 0.1) is 13.8 Å². The second-order valence-electron chi connectivity index (χ2n) is 6.56. The number of carbonyl (C=O) groups is 1. The van der Waals surface area contributed by atoms with Crippen molar-refractivity contribution in [2.24, 2.45) is 7.05 Å². The molecule has 0 bridgehead atoms. The van der Waals surface area contributed by atoms with Crippen LogP contribution in [-0.2, 0) is 24.8 Å². The van der Waals surface area contributed by atoms with Crippen molar-refractivity contribution in [1.29, 1.82) is 0 Å². The van der Waals surface area contributed by atoms with Crippen LogP contribution in [-0.4, -0.2) is 46.5 Å². The Balaban J connectivity index is 1.55. The topological polar surface area (TPSA) is 59.4 Å². The van der Waals surface area contributed by atoms with Crippen LogP contribution in [0.3, 0.4) is 0 Å². The van der Waals surface area contributed by atoms with E-state index < -0.39 is 0 Å². The van der Waals surface area contributed by atoms with Crippen molar-refractivity contribution in [3.8, 4) is 0 Å². The minimum Gasteiger partial charge on any atom is -0.374 e. The molecule has 0 radical (unpaired) electrons. The van der Waals surface area contributed by atoms with Gasteiger partial charge < -0.3 is 15.0 Å². The van der Waals surface area contributed by atoms with Crippen molar-refractivity contribution in [1.82, 2.24) is 20.0 Å². The number of urea groups is 1. The van der Waals surface area contributed by atoms with E-state index in [2.05, 4.69) is 22.5 Å². The van der Waals surface area contributed by atoms with E-state index in [1.807, 2.05) is 48.7 Å². The highest BCUT2D eigenvalue weighted by atomic mass is 16.5. The first-order valence-electron chi connectivity index (χ1n) is 8.72. The Morgan fingerprint density at radius 3 is 2.76 bits per heavy atom. The fraction of sp³-hybridized carbons (Fsp3) is 0.474. The van der Waals surface area contributed by atoms with Gasteiger partial charge in [0.15, 0.2) is 0 Å². The van der Waals surface area contributed by atoms with Crippen LogP contribution in [0.4, 0.5) is 4.79 Å². The predicted octanol–water partition coefficient (Wildman–Crippen LogP) is 2.19. The first-order chi connectivity index (χ1) is 12.0. The van der Waals surface area contributed by atoms with Gasteiger partial charge >= 0.3 is 6.03 Å². The van der Waals surface area contributed by atoms with Crippen LogP contribution >= 0.6 is 0 Å². The van der Waals surface area contributed by atoms with E-state index in [0.29, 0.717) is 26.2 Å². The lowest BCUT2D eigenvalue weighted by atomic mass is 10.1. The van der Waals surface area contributed by atoms with E-state index >= 15 is 0 Å². The summed E-state index contributed by atoms with van der Waals surface area (Å²) in [6.07, 6.45) is 0.870. The third-order valence-electron chi connectivity index (χ3n) is 4.81. The Hall–Kier alpha value is -2.34. The maximum atomic E-state index is 12.5. The number of nitrogens with zero attached hydrogens (tertiary/aromatic N) is 3. The number of ether oxygens (including phenoxy) is 1. The molecule has 1 saturated heterocycles. The monoisotopic (exact) mass is 342 g/mol. The zero-order valence-electron chi connectivity index (χ0n) is 15.2. The second-order valence-corrected chi connectivity index (χ2v) is 6.56. The van der Waals surface area contributed by atoms with Crippen LogP contribution < -0.4 is 5.32 Å². The van der Waals surface area contributed by atoms with Crippen molar-refractivity contribution in [2.45, 2.75) is 32.9 Å². The summed E-state index contributed by atoms with van der Waals surface area (Å²) in [5.74, 6) is 0. The molecule has 6 heteroatoms. The van der Waals surface area contributed by atoms with Gasteiger partial charge in [-0.05, 0) is 19.4 Å². The van der Waals surface area contributed by atoms with Crippen LogP contribution in [0.15, 0.2) is 30.3 Å². The van der Waals surface area contributed by atoms with Crippen molar-refractivity contribution < 1.29 is 9.53 Å². The standard InChI is InChI=1S/C19H26N4O2/c1-14-18(15(2)22(3)21-14)12-20-19(24)23-9-10-25-17(13-23)11-16-7-5-4-6-8-16/h4-8,17H,9-13H2,1-3H3,(H,20,24). The number of hydrogen-bond donors (Lipinski definition) is 1. The van der Waals surface area contributed by atoms with Crippen LogP contribution in [0.5, 0.6) is 0 Å². The van der Waals surface area contributed by atoms with Gasteiger partial charge in [-0.3, -0.25) is 4.68 Å². The first kappa shape index (κ1) is 17.5. The molecule has 2 amide bonds. The molecule has 3 rings (SSSR count). The van der Waals surface area contributed by atoms with Crippen molar-refractivity contribution in [3.05, 3.63) is 52.8 Å². The van der Waals surface area contributed by atoms with Crippen molar-refractivity contribution in [3.63, 3.8) is 0 Å². The molecule has 2 aromatic rings. The van der Waals surface area contributed by atoms with Crippen molar-refractivity contribution in [2.75, 3.05) is 19.7 Å². The summed E-state index contributed by atoms with van der Waals surface area (Å²) in [6.45, 7) is 6.32. The summed E-state index contributed by atoms with van der Waals surface area (Å²) in [7, 11) is 1.92. The number of nitrogens with one attached hydrogen (secondary N) is 1. The van der Waals surface area contributed by atoms with Gasteiger partial charge in [0.25, 0.3) is 0 Å². The molecule has 1 N–H and O–H groups in total. The fourth-order valence-corrected chi connectivity index (χ4v) is 3.25. The fourth-order valence-electron chi connectivity index (χ4n) is 3.25. The number of aryl methyl sites for hydroxylation is 2. The summed E-state index contributed by atoms with van der Waals surface area (Å²) < 4.78 is 7.68. The minimum absolute atomic E-state index is 0.0379. The molecule has 1 atom stereocenters. The normalized spacial score (nSPS) is 17.6. The summed E-state index contributed by atoms with van der Waals surface area (Å²) in [4.78, 5) is 14.4. The predicted molar refractivity (Wildman–Crippen MR) is 96.4 cm³/mol. The molecule has 2 heterocycles. The molecule has 134 valence electrons. The molecule has 1 aliphatic rings. The second kappa shape index (κ2) is 7.70. The van der Waals surface area contributed by atoms with Gasteiger partial charge in [0.05, 0.1) is 18.4 Å².